The molecule has 0 saturated heterocycles. The molecule has 0 atom stereocenters. The molecule has 1 aromatic carbocycles. The molecule has 0 radical (unpaired) electrons. The molecular formula is C20H25ClN2O2. The number of amides is 1. The van der Waals surface area contributed by atoms with E-state index in [2.05, 4.69) is 11.6 Å². The predicted octanol–water partition coefficient (Wildman–Crippen LogP) is 5.79. The Kier molecular flexibility index (Phi) is 11.5. The quantitative estimate of drug-likeness (QED) is 0.701. The first-order valence-electron chi connectivity index (χ1n) is 7.90. The maximum Gasteiger partial charge on any atom is 0.254 e. The van der Waals surface area contributed by atoms with E-state index in [0.717, 1.165) is 5.57 Å². The number of allylic oxidation sites excluding steroid dienone is 3. The standard InChI is InChI=1S/C12H9ClN2O2.C6H10.C2H6/c13-8-3-5-9(6-4-8)17-12-10(11(14)16)2-1-7-15-12;1-4-5-6(2)3;1-2/h1-7H,(H2,14,16);4-5H,2H2,1,3H3;1-2H3/b;5-4-;. The highest BCUT2D eigenvalue weighted by Gasteiger charge is 2.10. The number of ether oxygens (including phenoxy) is 1. The highest BCUT2D eigenvalue weighted by atomic mass is 35.5. The zero-order valence-electron chi connectivity index (χ0n) is 15.1. The lowest BCUT2D eigenvalue weighted by Crippen LogP contribution is -2.12. The van der Waals surface area contributed by atoms with Gasteiger partial charge in [-0.1, -0.05) is 49.8 Å². The molecule has 1 aromatic heterocycles. The van der Waals surface area contributed by atoms with E-state index in [-0.39, 0.29) is 11.4 Å². The summed E-state index contributed by atoms with van der Waals surface area (Å²) >= 11 is 5.75. The Balaban J connectivity index is 0.000000614. The molecule has 0 saturated carbocycles. The second-order valence-corrected chi connectivity index (χ2v) is 5.06. The molecule has 4 nitrogen and oxygen atoms in total. The van der Waals surface area contributed by atoms with Gasteiger partial charge in [0.15, 0.2) is 0 Å². The van der Waals surface area contributed by atoms with Crippen molar-refractivity contribution in [2.24, 2.45) is 5.73 Å². The summed E-state index contributed by atoms with van der Waals surface area (Å²) in [4.78, 5) is 15.1. The SMILES string of the molecule is C=C(C)/C=C\C.CC.NC(=O)c1cccnc1Oc1ccc(Cl)cc1. The maximum absolute atomic E-state index is 11.1. The molecule has 2 rings (SSSR count). The van der Waals surface area contributed by atoms with Crippen LogP contribution in [0.2, 0.25) is 5.02 Å². The van der Waals surface area contributed by atoms with Crippen LogP contribution in [0.15, 0.2) is 66.9 Å². The van der Waals surface area contributed by atoms with E-state index in [0.29, 0.717) is 10.8 Å². The molecule has 0 aliphatic carbocycles. The zero-order valence-corrected chi connectivity index (χ0v) is 15.9. The van der Waals surface area contributed by atoms with E-state index in [4.69, 9.17) is 22.1 Å². The van der Waals surface area contributed by atoms with Crippen molar-refractivity contribution in [1.82, 2.24) is 4.98 Å². The predicted molar refractivity (Wildman–Crippen MR) is 105 cm³/mol. The summed E-state index contributed by atoms with van der Waals surface area (Å²) in [5.41, 5.74) is 6.56. The molecule has 25 heavy (non-hydrogen) atoms. The molecule has 1 amide bonds. The lowest BCUT2D eigenvalue weighted by Gasteiger charge is -2.07. The third-order valence-electron chi connectivity index (χ3n) is 2.52. The van der Waals surface area contributed by atoms with Crippen LogP contribution in [0.4, 0.5) is 0 Å². The van der Waals surface area contributed by atoms with Gasteiger partial charge in [0.1, 0.15) is 11.3 Å². The molecule has 0 unspecified atom stereocenters. The van der Waals surface area contributed by atoms with Crippen molar-refractivity contribution in [3.05, 3.63) is 77.5 Å². The fourth-order valence-corrected chi connectivity index (χ4v) is 1.68. The summed E-state index contributed by atoms with van der Waals surface area (Å²) in [6, 6.07) is 9.91. The molecular weight excluding hydrogens is 336 g/mol. The van der Waals surface area contributed by atoms with Crippen LogP contribution < -0.4 is 10.5 Å². The minimum atomic E-state index is -0.581. The number of rotatable bonds is 4. The number of carbonyl (C=O) groups is 1. The molecule has 5 heteroatoms. The molecule has 0 aliphatic rings. The topological polar surface area (TPSA) is 65.2 Å². The van der Waals surface area contributed by atoms with Crippen molar-refractivity contribution in [2.75, 3.05) is 0 Å². The van der Waals surface area contributed by atoms with Crippen LogP contribution in [0, 0.1) is 0 Å². The summed E-state index contributed by atoms with van der Waals surface area (Å²) in [7, 11) is 0. The Morgan fingerprint density at radius 1 is 1.24 bits per heavy atom. The van der Waals surface area contributed by atoms with Crippen molar-refractivity contribution in [3.63, 3.8) is 0 Å². The molecule has 134 valence electrons. The van der Waals surface area contributed by atoms with Crippen molar-refractivity contribution in [2.45, 2.75) is 27.7 Å². The smallest absolute Gasteiger partial charge is 0.254 e. The molecule has 2 N–H and O–H groups in total. The Morgan fingerprint density at radius 3 is 2.28 bits per heavy atom. The van der Waals surface area contributed by atoms with Crippen molar-refractivity contribution < 1.29 is 9.53 Å². The van der Waals surface area contributed by atoms with Gasteiger partial charge < -0.3 is 10.5 Å². The number of halogens is 1. The normalized spacial score (nSPS) is 9.32. The second-order valence-electron chi connectivity index (χ2n) is 4.62. The van der Waals surface area contributed by atoms with Gasteiger partial charge in [0.25, 0.3) is 5.91 Å². The lowest BCUT2D eigenvalue weighted by atomic mass is 10.2. The number of nitrogens with zero attached hydrogens (tertiary/aromatic N) is 1. The van der Waals surface area contributed by atoms with E-state index < -0.39 is 5.91 Å². The fraction of sp³-hybridized carbons (Fsp3) is 0.200. The van der Waals surface area contributed by atoms with Gasteiger partial charge in [-0.15, -0.1) is 0 Å². The molecule has 0 fully saturated rings. The first-order chi connectivity index (χ1) is 11.9. The van der Waals surface area contributed by atoms with Crippen molar-refractivity contribution in [1.29, 1.82) is 0 Å². The number of benzene rings is 1. The maximum atomic E-state index is 11.1. The number of hydrogen-bond donors (Lipinski definition) is 1. The van der Waals surface area contributed by atoms with Crippen LogP contribution in [0.1, 0.15) is 38.1 Å². The summed E-state index contributed by atoms with van der Waals surface area (Å²) < 4.78 is 5.46. The number of carbonyl (C=O) groups excluding carboxylic acids is 1. The van der Waals surface area contributed by atoms with Crippen LogP contribution in [-0.4, -0.2) is 10.9 Å². The molecule has 0 bridgehead atoms. The minimum Gasteiger partial charge on any atom is -0.438 e. The third-order valence-corrected chi connectivity index (χ3v) is 2.77. The van der Waals surface area contributed by atoms with Crippen LogP contribution >= 0.6 is 11.6 Å². The number of pyridine rings is 1. The highest BCUT2D eigenvalue weighted by Crippen LogP contribution is 2.23. The van der Waals surface area contributed by atoms with Crippen LogP contribution in [-0.2, 0) is 0 Å². The number of nitrogens with two attached hydrogens (primary N) is 1. The Morgan fingerprint density at radius 2 is 1.84 bits per heavy atom. The van der Waals surface area contributed by atoms with Gasteiger partial charge >= 0.3 is 0 Å². The van der Waals surface area contributed by atoms with Gasteiger partial charge in [0, 0.05) is 11.2 Å². The van der Waals surface area contributed by atoms with E-state index in [1.807, 2.05) is 39.8 Å². The van der Waals surface area contributed by atoms with Gasteiger partial charge in [-0.05, 0) is 50.2 Å². The largest absolute Gasteiger partial charge is 0.438 e. The summed E-state index contributed by atoms with van der Waals surface area (Å²) in [5, 5.41) is 0.605. The van der Waals surface area contributed by atoms with Crippen LogP contribution in [0.3, 0.4) is 0 Å². The fourth-order valence-electron chi connectivity index (χ4n) is 1.56. The monoisotopic (exact) mass is 360 g/mol. The van der Waals surface area contributed by atoms with Crippen molar-refractivity contribution >= 4 is 17.5 Å². The number of hydrogen-bond acceptors (Lipinski definition) is 3. The van der Waals surface area contributed by atoms with Crippen molar-refractivity contribution in [3.8, 4) is 11.6 Å². The van der Waals surface area contributed by atoms with Gasteiger partial charge in [0.05, 0.1) is 0 Å². The molecule has 0 spiro atoms. The van der Waals surface area contributed by atoms with Gasteiger partial charge in [0.2, 0.25) is 5.88 Å². The van der Waals surface area contributed by atoms with Gasteiger partial charge in [-0.3, -0.25) is 4.79 Å². The molecule has 1 heterocycles. The highest BCUT2D eigenvalue weighted by molar-refractivity contribution is 6.30. The first-order valence-corrected chi connectivity index (χ1v) is 8.28. The van der Waals surface area contributed by atoms with E-state index >= 15 is 0 Å². The zero-order chi connectivity index (χ0) is 19.2. The first kappa shape index (κ1) is 22.4. The van der Waals surface area contributed by atoms with Gasteiger partial charge in [-0.25, -0.2) is 4.98 Å². The number of aromatic nitrogens is 1. The Hall–Kier alpha value is -2.59. The van der Waals surface area contributed by atoms with E-state index in [1.54, 1.807) is 36.4 Å². The summed E-state index contributed by atoms with van der Waals surface area (Å²) in [5.74, 6) is 0.139. The lowest BCUT2D eigenvalue weighted by molar-refractivity contribution is 0.0997. The van der Waals surface area contributed by atoms with Crippen LogP contribution in [0.25, 0.3) is 0 Å². The molecule has 2 aromatic rings. The Bertz CT molecular complexity index is 695. The van der Waals surface area contributed by atoms with Crippen LogP contribution in [0.5, 0.6) is 11.6 Å². The summed E-state index contributed by atoms with van der Waals surface area (Å²) in [6.45, 7) is 11.6. The van der Waals surface area contributed by atoms with E-state index in [1.165, 1.54) is 6.20 Å². The number of primary amides is 1. The Labute approximate surface area is 155 Å². The van der Waals surface area contributed by atoms with Gasteiger partial charge in [-0.2, -0.15) is 0 Å². The average molecular weight is 361 g/mol. The third kappa shape index (κ3) is 9.33. The van der Waals surface area contributed by atoms with E-state index in [9.17, 15) is 4.79 Å². The molecule has 0 aliphatic heterocycles. The second kappa shape index (κ2) is 12.8. The average Bonchev–Trinajstić information content (AvgIpc) is 2.59. The summed E-state index contributed by atoms with van der Waals surface area (Å²) in [6.07, 6.45) is 5.47. The minimum absolute atomic E-state index is 0.183.